The van der Waals surface area contributed by atoms with E-state index in [0.717, 1.165) is 25.9 Å². The molecule has 10 nitrogen and oxygen atoms in total. The second-order valence-corrected chi connectivity index (χ2v) is 7.10. The molecule has 4 N–H and O–H groups in total. The SMILES string of the molecule is CC(=O)Nc1ccccc1N1C(=O)NC(=O)C2(O)N=CN(C3CCNCC3)C12. The van der Waals surface area contributed by atoms with Gasteiger partial charge in [-0.1, -0.05) is 12.1 Å². The van der Waals surface area contributed by atoms with Crippen LogP contribution < -0.4 is 20.9 Å². The lowest BCUT2D eigenvalue weighted by molar-refractivity contribution is -0.144. The molecule has 10 heteroatoms. The minimum absolute atomic E-state index is 0.0122. The molecule has 2 saturated heterocycles. The van der Waals surface area contributed by atoms with Gasteiger partial charge in [-0.3, -0.25) is 19.8 Å². The number of hydrogen-bond donors (Lipinski definition) is 4. The van der Waals surface area contributed by atoms with Gasteiger partial charge < -0.3 is 20.6 Å². The zero-order chi connectivity index (χ0) is 19.9. The Hall–Kier alpha value is -2.98. The molecule has 4 amide bonds. The Balaban J connectivity index is 1.78. The molecule has 0 aliphatic carbocycles. The Morgan fingerprint density at radius 2 is 2.00 bits per heavy atom. The fourth-order valence-electron chi connectivity index (χ4n) is 3.96. The first-order valence-corrected chi connectivity index (χ1v) is 9.19. The lowest BCUT2D eigenvalue weighted by atomic mass is 10.00. The number of anilines is 2. The highest BCUT2D eigenvalue weighted by Crippen LogP contribution is 2.38. The zero-order valence-corrected chi connectivity index (χ0v) is 15.4. The molecule has 0 spiro atoms. The van der Waals surface area contributed by atoms with Gasteiger partial charge in [0.05, 0.1) is 17.7 Å². The van der Waals surface area contributed by atoms with Gasteiger partial charge in [-0.05, 0) is 38.1 Å². The van der Waals surface area contributed by atoms with Crippen LogP contribution >= 0.6 is 0 Å². The summed E-state index contributed by atoms with van der Waals surface area (Å²) >= 11 is 0. The van der Waals surface area contributed by atoms with Crippen LogP contribution in [0.1, 0.15) is 19.8 Å². The Labute approximate surface area is 161 Å². The van der Waals surface area contributed by atoms with Crippen LogP contribution in [0.2, 0.25) is 0 Å². The summed E-state index contributed by atoms with van der Waals surface area (Å²) < 4.78 is 0. The lowest BCUT2D eigenvalue weighted by Gasteiger charge is -2.46. The van der Waals surface area contributed by atoms with Gasteiger partial charge >= 0.3 is 6.03 Å². The number of aliphatic hydroxyl groups is 1. The predicted octanol–water partition coefficient (Wildman–Crippen LogP) is -0.188. The number of amides is 4. The highest BCUT2D eigenvalue weighted by atomic mass is 16.3. The number of imide groups is 1. The number of carbonyl (C=O) groups excluding carboxylic acids is 3. The normalized spacial score (nSPS) is 27.6. The van der Waals surface area contributed by atoms with Gasteiger partial charge in [0.2, 0.25) is 5.91 Å². The molecular weight excluding hydrogens is 364 g/mol. The van der Waals surface area contributed by atoms with Crippen molar-refractivity contribution in [3.8, 4) is 0 Å². The van der Waals surface area contributed by atoms with Crippen molar-refractivity contribution in [3.05, 3.63) is 24.3 Å². The summed E-state index contributed by atoms with van der Waals surface area (Å²) in [6.07, 6.45) is 1.99. The van der Waals surface area contributed by atoms with Gasteiger partial charge in [0.1, 0.15) is 0 Å². The van der Waals surface area contributed by atoms with Gasteiger partial charge in [0.25, 0.3) is 11.6 Å². The molecule has 0 radical (unpaired) electrons. The number of rotatable bonds is 3. The molecule has 1 aromatic carbocycles. The maximum absolute atomic E-state index is 12.8. The van der Waals surface area contributed by atoms with E-state index in [9.17, 15) is 19.5 Å². The number of nitrogens with zero attached hydrogens (tertiary/aromatic N) is 3. The zero-order valence-electron chi connectivity index (χ0n) is 15.4. The summed E-state index contributed by atoms with van der Waals surface area (Å²) in [4.78, 5) is 44.0. The number of benzene rings is 1. The molecule has 2 fully saturated rings. The molecule has 1 aromatic rings. The average Bonchev–Trinajstić information content (AvgIpc) is 3.02. The van der Waals surface area contributed by atoms with Crippen molar-refractivity contribution in [3.63, 3.8) is 0 Å². The molecular formula is C18H22N6O4. The third kappa shape index (κ3) is 2.90. The van der Waals surface area contributed by atoms with E-state index >= 15 is 0 Å². The third-order valence-electron chi connectivity index (χ3n) is 5.25. The fraction of sp³-hybridized carbons (Fsp3) is 0.444. The van der Waals surface area contributed by atoms with E-state index in [1.807, 2.05) is 0 Å². The number of urea groups is 1. The van der Waals surface area contributed by atoms with Gasteiger partial charge in [-0.2, -0.15) is 0 Å². The van der Waals surface area contributed by atoms with Gasteiger partial charge in [-0.25, -0.2) is 9.79 Å². The summed E-state index contributed by atoms with van der Waals surface area (Å²) in [5, 5.41) is 19.2. The number of para-hydroxylation sites is 2. The third-order valence-corrected chi connectivity index (χ3v) is 5.25. The summed E-state index contributed by atoms with van der Waals surface area (Å²) in [7, 11) is 0. The number of fused-ring (bicyclic) bond motifs is 1. The molecule has 3 aliphatic heterocycles. The number of carbonyl (C=O) groups is 3. The molecule has 28 heavy (non-hydrogen) atoms. The minimum Gasteiger partial charge on any atom is -0.359 e. The molecule has 2 atom stereocenters. The van der Waals surface area contributed by atoms with Gasteiger partial charge in [0.15, 0.2) is 6.17 Å². The monoisotopic (exact) mass is 386 g/mol. The van der Waals surface area contributed by atoms with E-state index < -0.39 is 23.8 Å². The van der Waals surface area contributed by atoms with E-state index in [4.69, 9.17) is 0 Å². The smallest absolute Gasteiger partial charge is 0.330 e. The highest BCUT2D eigenvalue weighted by molar-refractivity contribution is 6.12. The Morgan fingerprint density at radius 3 is 2.71 bits per heavy atom. The molecule has 4 rings (SSSR count). The Kier molecular flexibility index (Phi) is 4.52. The first-order valence-electron chi connectivity index (χ1n) is 9.19. The quantitative estimate of drug-likeness (QED) is 0.571. The van der Waals surface area contributed by atoms with Crippen molar-refractivity contribution in [1.29, 1.82) is 0 Å². The van der Waals surface area contributed by atoms with Crippen LogP contribution in [-0.2, 0) is 9.59 Å². The first kappa shape index (κ1) is 18.4. The van der Waals surface area contributed by atoms with E-state index in [0.29, 0.717) is 11.4 Å². The van der Waals surface area contributed by atoms with Crippen molar-refractivity contribution in [1.82, 2.24) is 15.5 Å². The van der Waals surface area contributed by atoms with Crippen molar-refractivity contribution >= 4 is 35.6 Å². The number of aliphatic imine (C=N–C) groups is 1. The second kappa shape index (κ2) is 6.88. The average molecular weight is 386 g/mol. The molecule has 0 bridgehead atoms. The van der Waals surface area contributed by atoms with E-state index in [2.05, 4.69) is 20.9 Å². The van der Waals surface area contributed by atoms with Gasteiger partial charge in [-0.15, -0.1) is 0 Å². The van der Waals surface area contributed by atoms with Crippen molar-refractivity contribution in [2.45, 2.75) is 37.7 Å². The lowest BCUT2D eigenvalue weighted by Crippen LogP contribution is -2.73. The van der Waals surface area contributed by atoms with Crippen LogP contribution in [0.25, 0.3) is 0 Å². The van der Waals surface area contributed by atoms with Crippen LogP contribution in [0.4, 0.5) is 16.2 Å². The van der Waals surface area contributed by atoms with Crippen molar-refractivity contribution in [2.75, 3.05) is 23.3 Å². The summed E-state index contributed by atoms with van der Waals surface area (Å²) in [5.41, 5.74) is -1.35. The predicted molar refractivity (Wildman–Crippen MR) is 102 cm³/mol. The van der Waals surface area contributed by atoms with Crippen molar-refractivity contribution in [2.24, 2.45) is 4.99 Å². The van der Waals surface area contributed by atoms with Crippen molar-refractivity contribution < 1.29 is 19.5 Å². The highest BCUT2D eigenvalue weighted by Gasteiger charge is 2.60. The van der Waals surface area contributed by atoms with Crippen LogP contribution in [0.15, 0.2) is 29.3 Å². The molecule has 2 unspecified atom stereocenters. The molecule has 0 saturated carbocycles. The van der Waals surface area contributed by atoms with Crippen LogP contribution in [0, 0.1) is 0 Å². The first-order chi connectivity index (χ1) is 13.4. The number of nitrogens with one attached hydrogen (secondary N) is 3. The molecule has 0 aromatic heterocycles. The maximum atomic E-state index is 12.8. The van der Waals surface area contributed by atoms with Crippen LogP contribution in [0.5, 0.6) is 0 Å². The van der Waals surface area contributed by atoms with E-state index in [1.165, 1.54) is 18.2 Å². The molecule has 3 aliphatic rings. The maximum Gasteiger partial charge on any atom is 0.330 e. The topological polar surface area (TPSA) is 126 Å². The number of hydrogen-bond acceptors (Lipinski definition) is 7. The van der Waals surface area contributed by atoms with E-state index in [1.54, 1.807) is 29.2 Å². The summed E-state index contributed by atoms with van der Waals surface area (Å²) in [6.45, 7) is 2.96. The van der Waals surface area contributed by atoms with E-state index in [-0.39, 0.29) is 11.9 Å². The minimum atomic E-state index is -2.12. The summed E-state index contributed by atoms with van der Waals surface area (Å²) in [6, 6.07) is 6.09. The fourth-order valence-corrected chi connectivity index (χ4v) is 3.96. The van der Waals surface area contributed by atoms with Gasteiger partial charge in [0, 0.05) is 13.0 Å². The standard InChI is InChI=1S/C18H22N6O4/c1-11(25)21-13-4-2-3-5-14(13)24-16-18(28,15(26)22-17(24)27)20-10-23(16)12-6-8-19-9-7-12/h2-5,10,12,16,19,28H,6-9H2,1H3,(H,21,25)(H,22,26,27). The molecule has 3 heterocycles. The number of piperidine rings is 1. The summed E-state index contributed by atoms with van der Waals surface area (Å²) in [5.74, 6) is -1.16. The Bertz CT molecular complexity index is 852. The second-order valence-electron chi connectivity index (χ2n) is 7.10. The largest absolute Gasteiger partial charge is 0.359 e. The van der Waals surface area contributed by atoms with Crippen LogP contribution in [-0.4, -0.2) is 65.2 Å². The van der Waals surface area contributed by atoms with Crippen LogP contribution in [0.3, 0.4) is 0 Å². The molecule has 148 valence electrons. The Morgan fingerprint density at radius 1 is 1.29 bits per heavy atom.